The molecule has 0 aliphatic carbocycles. The molecule has 0 aliphatic heterocycles. The molecule has 7 heteroatoms. The summed E-state index contributed by atoms with van der Waals surface area (Å²) in [6.45, 7) is 8.19. The number of carbonyl (C=O) groups is 1. The SMILES string of the molecule is CC[C@H](C)Oc1c(Cl)cc(/C=N\NC(=O)CNc2ccc(C)c(C)c2)cc1OC. The number of ether oxygens (including phenoxy) is 2. The summed E-state index contributed by atoms with van der Waals surface area (Å²) in [6, 6.07) is 9.43. The van der Waals surface area contributed by atoms with Gasteiger partial charge in [0.2, 0.25) is 0 Å². The predicted octanol–water partition coefficient (Wildman–Crippen LogP) is 4.70. The van der Waals surface area contributed by atoms with Crippen LogP contribution in [0.4, 0.5) is 5.69 Å². The minimum atomic E-state index is -0.255. The van der Waals surface area contributed by atoms with E-state index in [4.69, 9.17) is 21.1 Å². The van der Waals surface area contributed by atoms with Gasteiger partial charge < -0.3 is 14.8 Å². The number of hydrogen-bond donors (Lipinski definition) is 2. The van der Waals surface area contributed by atoms with Crippen LogP contribution in [0.3, 0.4) is 0 Å². The van der Waals surface area contributed by atoms with E-state index in [1.807, 2.05) is 45.9 Å². The average molecular weight is 418 g/mol. The van der Waals surface area contributed by atoms with E-state index in [9.17, 15) is 4.79 Å². The molecule has 0 saturated carbocycles. The molecular formula is C22H28ClN3O3. The van der Waals surface area contributed by atoms with Crippen molar-refractivity contribution in [1.29, 1.82) is 0 Å². The molecule has 0 spiro atoms. The molecular weight excluding hydrogens is 390 g/mol. The summed E-state index contributed by atoms with van der Waals surface area (Å²) in [4.78, 5) is 12.0. The van der Waals surface area contributed by atoms with Crippen molar-refractivity contribution in [3.63, 3.8) is 0 Å². The van der Waals surface area contributed by atoms with Gasteiger partial charge in [-0.15, -0.1) is 0 Å². The zero-order valence-corrected chi connectivity index (χ0v) is 18.3. The highest BCUT2D eigenvalue weighted by Crippen LogP contribution is 2.37. The Labute approximate surface area is 177 Å². The van der Waals surface area contributed by atoms with E-state index < -0.39 is 0 Å². The molecule has 156 valence electrons. The second-order valence-electron chi connectivity index (χ2n) is 6.82. The molecule has 0 aliphatic rings. The standard InChI is InChI=1S/C22H28ClN3O3/c1-6-16(4)29-22-19(23)10-17(11-20(22)28-5)12-25-26-21(27)13-24-18-8-7-14(2)15(3)9-18/h7-12,16,24H,6,13H2,1-5H3,(H,26,27)/b25-12-/t16-/m0/s1. The number of hydrogen-bond acceptors (Lipinski definition) is 5. The summed E-state index contributed by atoms with van der Waals surface area (Å²) in [5.74, 6) is 0.763. The number of amides is 1. The third kappa shape index (κ3) is 6.68. The van der Waals surface area contributed by atoms with Gasteiger partial charge >= 0.3 is 0 Å². The Hall–Kier alpha value is -2.73. The van der Waals surface area contributed by atoms with E-state index in [-0.39, 0.29) is 18.6 Å². The van der Waals surface area contributed by atoms with Crippen LogP contribution in [0.15, 0.2) is 35.4 Å². The van der Waals surface area contributed by atoms with E-state index >= 15 is 0 Å². The zero-order valence-electron chi connectivity index (χ0n) is 17.5. The van der Waals surface area contributed by atoms with Crippen LogP contribution in [0.5, 0.6) is 11.5 Å². The van der Waals surface area contributed by atoms with Crippen LogP contribution in [0.2, 0.25) is 5.02 Å². The van der Waals surface area contributed by atoms with Crippen LogP contribution >= 0.6 is 11.6 Å². The molecule has 2 N–H and O–H groups in total. The Morgan fingerprint density at radius 2 is 2.00 bits per heavy atom. The van der Waals surface area contributed by atoms with Crippen molar-refractivity contribution < 1.29 is 14.3 Å². The molecule has 0 heterocycles. The summed E-state index contributed by atoms with van der Waals surface area (Å²) < 4.78 is 11.2. The van der Waals surface area contributed by atoms with E-state index in [1.165, 1.54) is 17.3 Å². The van der Waals surface area contributed by atoms with Crippen LogP contribution in [-0.2, 0) is 4.79 Å². The van der Waals surface area contributed by atoms with Gasteiger partial charge in [0.25, 0.3) is 5.91 Å². The quantitative estimate of drug-likeness (QED) is 0.458. The van der Waals surface area contributed by atoms with Gasteiger partial charge in [0.1, 0.15) is 0 Å². The minimum Gasteiger partial charge on any atom is -0.493 e. The van der Waals surface area contributed by atoms with Gasteiger partial charge in [-0.1, -0.05) is 24.6 Å². The first kappa shape index (κ1) is 22.6. The largest absolute Gasteiger partial charge is 0.493 e. The number of rotatable bonds is 9. The highest BCUT2D eigenvalue weighted by atomic mass is 35.5. The molecule has 1 amide bonds. The first-order valence-corrected chi connectivity index (χ1v) is 9.89. The summed E-state index contributed by atoms with van der Waals surface area (Å²) in [6.07, 6.45) is 2.38. The van der Waals surface area contributed by atoms with Crippen molar-refractivity contribution in [1.82, 2.24) is 5.43 Å². The fourth-order valence-electron chi connectivity index (χ4n) is 2.47. The molecule has 6 nitrogen and oxygen atoms in total. The van der Waals surface area contributed by atoms with Crippen molar-refractivity contribution in [3.8, 4) is 11.5 Å². The number of hydrazone groups is 1. The normalized spacial score (nSPS) is 11.9. The molecule has 0 aromatic heterocycles. The number of methoxy groups -OCH3 is 1. The molecule has 0 bridgehead atoms. The molecule has 29 heavy (non-hydrogen) atoms. The fourth-order valence-corrected chi connectivity index (χ4v) is 2.73. The van der Waals surface area contributed by atoms with Crippen LogP contribution in [0.1, 0.15) is 37.0 Å². The maximum absolute atomic E-state index is 12.0. The van der Waals surface area contributed by atoms with Gasteiger partial charge in [-0.25, -0.2) is 5.43 Å². The van der Waals surface area contributed by atoms with Crippen molar-refractivity contribution in [2.45, 2.75) is 40.2 Å². The summed E-state index contributed by atoms with van der Waals surface area (Å²) >= 11 is 6.33. The van der Waals surface area contributed by atoms with Crippen LogP contribution in [0.25, 0.3) is 0 Å². The van der Waals surface area contributed by atoms with Gasteiger partial charge in [0.05, 0.1) is 31.0 Å². The van der Waals surface area contributed by atoms with Crippen molar-refractivity contribution in [2.75, 3.05) is 19.0 Å². The maximum atomic E-state index is 12.0. The summed E-state index contributed by atoms with van der Waals surface area (Å²) in [7, 11) is 1.55. The van der Waals surface area contributed by atoms with Crippen LogP contribution in [0, 0.1) is 13.8 Å². The highest BCUT2D eigenvalue weighted by molar-refractivity contribution is 6.32. The number of carbonyl (C=O) groups excluding carboxylic acids is 1. The van der Waals surface area contributed by atoms with Gasteiger partial charge in [0.15, 0.2) is 11.5 Å². The van der Waals surface area contributed by atoms with Crippen molar-refractivity contribution in [3.05, 3.63) is 52.0 Å². The third-order valence-electron chi connectivity index (χ3n) is 4.51. The molecule has 1 atom stereocenters. The lowest BCUT2D eigenvalue weighted by atomic mass is 10.1. The lowest BCUT2D eigenvalue weighted by Gasteiger charge is -2.17. The molecule has 0 fully saturated rings. The van der Waals surface area contributed by atoms with Crippen LogP contribution < -0.4 is 20.2 Å². The Balaban J connectivity index is 1.95. The number of nitrogens with one attached hydrogen (secondary N) is 2. The number of nitrogens with zero attached hydrogens (tertiary/aromatic N) is 1. The van der Waals surface area contributed by atoms with E-state index in [1.54, 1.807) is 19.2 Å². The lowest BCUT2D eigenvalue weighted by molar-refractivity contribution is -0.119. The number of anilines is 1. The Morgan fingerprint density at radius 3 is 2.66 bits per heavy atom. The smallest absolute Gasteiger partial charge is 0.259 e. The van der Waals surface area contributed by atoms with Crippen LogP contribution in [-0.4, -0.2) is 31.9 Å². The van der Waals surface area contributed by atoms with Gasteiger partial charge in [-0.3, -0.25) is 4.79 Å². The van der Waals surface area contributed by atoms with Crippen molar-refractivity contribution >= 4 is 29.4 Å². The predicted molar refractivity (Wildman–Crippen MR) is 119 cm³/mol. The third-order valence-corrected chi connectivity index (χ3v) is 4.79. The Kier molecular flexibility index (Phi) is 8.34. The molecule has 0 saturated heterocycles. The lowest BCUT2D eigenvalue weighted by Crippen LogP contribution is -2.25. The van der Waals surface area contributed by atoms with E-state index in [2.05, 4.69) is 15.8 Å². The molecule has 0 radical (unpaired) electrons. The average Bonchev–Trinajstić information content (AvgIpc) is 2.70. The second kappa shape index (κ2) is 10.7. The summed E-state index contributed by atoms with van der Waals surface area (Å²) in [5, 5.41) is 7.49. The van der Waals surface area contributed by atoms with E-state index in [0.717, 1.165) is 12.1 Å². The Morgan fingerprint density at radius 1 is 1.24 bits per heavy atom. The van der Waals surface area contributed by atoms with Gasteiger partial charge in [-0.2, -0.15) is 5.10 Å². The molecule has 2 aromatic rings. The molecule has 2 aromatic carbocycles. The monoisotopic (exact) mass is 417 g/mol. The zero-order chi connectivity index (χ0) is 21.4. The Bertz CT molecular complexity index is 884. The first-order valence-electron chi connectivity index (χ1n) is 9.51. The molecule has 0 unspecified atom stereocenters. The summed E-state index contributed by atoms with van der Waals surface area (Å²) in [5.41, 5.74) is 6.44. The second-order valence-corrected chi connectivity index (χ2v) is 7.22. The number of benzene rings is 2. The fraction of sp³-hybridized carbons (Fsp3) is 0.364. The minimum absolute atomic E-state index is 0.0185. The number of halogens is 1. The highest BCUT2D eigenvalue weighted by Gasteiger charge is 2.14. The molecule has 2 rings (SSSR count). The van der Waals surface area contributed by atoms with E-state index in [0.29, 0.717) is 22.1 Å². The topological polar surface area (TPSA) is 72.0 Å². The number of aryl methyl sites for hydroxylation is 2. The van der Waals surface area contributed by atoms with Gasteiger partial charge in [0, 0.05) is 5.69 Å². The maximum Gasteiger partial charge on any atom is 0.259 e. The van der Waals surface area contributed by atoms with Crippen molar-refractivity contribution in [2.24, 2.45) is 5.10 Å². The van der Waals surface area contributed by atoms with Gasteiger partial charge in [-0.05, 0) is 68.1 Å². The first-order chi connectivity index (χ1) is 13.8.